The summed E-state index contributed by atoms with van der Waals surface area (Å²) in [5.74, 6) is 0.104. The van der Waals surface area contributed by atoms with Crippen LogP contribution in [0.25, 0.3) is 11.1 Å². The molecule has 5 heteroatoms. The SMILES string of the molecule is COCCNC(=O)[C@@H]1C[C@@H](NCc2ccc(-c3ccccc3)cc2)CN1C(C)C. The van der Waals surface area contributed by atoms with Gasteiger partial charge in [-0.3, -0.25) is 9.69 Å². The second-order valence-electron chi connectivity index (χ2n) is 7.97. The minimum Gasteiger partial charge on any atom is -0.383 e. The van der Waals surface area contributed by atoms with Crippen LogP contribution in [0, 0.1) is 0 Å². The van der Waals surface area contributed by atoms with Crippen LogP contribution >= 0.6 is 0 Å². The van der Waals surface area contributed by atoms with Gasteiger partial charge >= 0.3 is 0 Å². The van der Waals surface area contributed by atoms with Crippen LogP contribution in [0.5, 0.6) is 0 Å². The average Bonchev–Trinajstić information content (AvgIpc) is 3.18. The van der Waals surface area contributed by atoms with E-state index in [1.165, 1.54) is 16.7 Å². The smallest absolute Gasteiger partial charge is 0.237 e. The van der Waals surface area contributed by atoms with E-state index in [1.807, 2.05) is 6.07 Å². The predicted molar refractivity (Wildman–Crippen MR) is 118 cm³/mol. The number of hydrogen-bond donors (Lipinski definition) is 2. The van der Waals surface area contributed by atoms with E-state index in [0.29, 0.717) is 25.2 Å². The van der Waals surface area contributed by atoms with Gasteiger partial charge in [-0.2, -0.15) is 0 Å². The highest BCUT2D eigenvalue weighted by Crippen LogP contribution is 2.22. The van der Waals surface area contributed by atoms with Crippen LogP contribution in [0.3, 0.4) is 0 Å². The van der Waals surface area contributed by atoms with Gasteiger partial charge in [-0.05, 0) is 37.0 Å². The lowest BCUT2D eigenvalue weighted by Gasteiger charge is -2.27. The van der Waals surface area contributed by atoms with Crippen molar-refractivity contribution >= 4 is 5.91 Å². The minimum atomic E-state index is -0.0789. The molecule has 0 spiro atoms. The Bertz CT molecular complexity index is 761. The number of benzene rings is 2. The van der Waals surface area contributed by atoms with E-state index in [9.17, 15) is 4.79 Å². The van der Waals surface area contributed by atoms with Gasteiger partial charge in [-0.1, -0.05) is 54.6 Å². The highest BCUT2D eigenvalue weighted by atomic mass is 16.5. The molecule has 2 aromatic rings. The van der Waals surface area contributed by atoms with Crippen LogP contribution in [0.2, 0.25) is 0 Å². The van der Waals surface area contributed by atoms with Gasteiger partial charge < -0.3 is 15.4 Å². The number of methoxy groups -OCH3 is 1. The molecule has 0 radical (unpaired) electrons. The van der Waals surface area contributed by atoms with E-state index in [-0.39, 0.29) is 11.9 Å². The van der Waals surface area contributed by atoms with Crippen molar-refractivity contribution in [2.45, 2.75) is 44.9 Å². The third-order valence-electron chi connectivity index (χ3n) is 5.57. The van der Waals surface area contributed by atoms with Crippen molar-refractivity contribution in [2.24, 2.45) is 0 Å². The number of rotatable bonds is 9. The van der Waals surface area contributed by atoms with Gasteiger partial charge in [0.25, 0.3) is 0 Å². The zero-order chi connectivity index (χ0) is 20.6. The topological polar surface area (TPSA) is 53.6 Å². The molecule has 0 unspecified atom stereocenters. The summed E-state index contributed by atoms with van der Waals surface area (Å²) >= 11 is 0. The summed E-state index contributed by atoms with van der Waals surface area (Å²) in [5, 5.41) is 6.64. The molecular weight excluding hydrogens is 362 g/mol. The zero-order valence-corrected chi connectivity index (χ0v) is 17.7. The fourth-order valence-corrected chi connectivity index (χ4v) is 3.94. The number of hydrogen-bond acceptors (Lipinski definition) is 4. The molecule has 5 nitrogen and oxygen atoms in total. The number of carbonyl (C=O) groups excluding carboxylic acids is 1. The molecule has 1 fully saturated rings. The van der Waals surface area contributed by atoms with E-state index < -0.39 is 0 Å². The number of amides is 1. The Labute approximate surface area is 174 Å². The molecule has 2 atom stereocenters. The van der Waals surface area contributed by atoms with Crippen LogP contribution < -0.4 is 10.6 Å². The number of nitrogens with one attached hydrogen (secondary N) is 2. The van der Waals surface area contributed by atoms with Crippen LogP contribution in [-0.2, 0) is 16.1 Å². The van der Waals surface area contributed by atoms with Gasteiger partial charge in [-0.15, -0.1) is 0 Å². The second kappa shape index (κ2) is 10.5. The molecule has 1 amide bonds. The molecule has 29 heavy (non-hydrogen) atoms. The molecule has 0 aliphatic carbocycles. The van der Waals surface area contributed by atoms with E-state index in [2.05, 4.69) is 77.9 Å². The molecule has 0 saturated carbocycles. The fourth-order valence-electron chi connectivity index (χ4n) is 3.94. The average molecular weight is 396 g/mol. The van der Waals surface area contributed by atoms with Crippen molar-refractivity contribution in [2.75, 3.05) is 26.8 Å². The lowest BCUT2D eigenvalue weighted by atomic mass is 10.0. The molecule has 156 valence electrons. The maximum absolute atomic E-state index is 12.6. The fraction of sp³-hybridized carbons (Fsp3) is 0.458. The highest BCUT2D eigenvalue weighted by Gasteiger charge is 2.37. The van der Waals surface area contributed by atoms with Crippen molar-refractivity contribution < 1.29 is 9.53 Å². The van der Waals surface area contributed by atoms with Gasteiger partial charge in [0.05, 0.1) is 12.6 Å². The first-order chi connectivity index (χ1) is 14.1. The number of ether oxygens (including phenoxy) is 1. The Morgan fingerprint density at radius 2 is 1.79 bits per heavy atom. The molecular formula is C24H33N3O2. The lowest BCUT2D eigenvalue weighted by Crippen LogP contribution is -2.46. The van der Waals surface area contributed by atoms with Gasteiger partial charge in [0.15, 0.2) is 0 Å². The summed E-state index contributed by atoms with van der Waals surface area (Å²) < 4.78 is 5.03. The van der Waals surface area contributed by atoms with Crippen molar-refractivity contribution in [1.29, 1.82) is 0 Å². The zero-order valence-electron chi connectivity index (χ0n) is 17.7. The first-order valence-electron chi connectivity index (χ1n) is 10.5. The van der Waals surface area contributed by atoms with E-state index in [4.69, 9.17) is 4.74 Å². The summed E-state index contributed by atoms with van der Waals surface area (Å²) in [6.45, 7) is 7.11. The third kappa shape index (κ3) is 5.89. The Morgan fingerprint density at radius 1 is 1.10 bits per heavy atom. The van der Waals surface area contributed by atoms with Crippen molar-refractivity contribution in [3.05, 3.63) is 60.2 Å². The quantitative estimate of drug-likeness (QED) is 0.641. The van der Waals surface area contributed by atoms with Crippen LogP contribution in [0.1, 0.15) is 25.8 Å². The minimum absolute atomic E-state index is 0.0789. The Kier molecular flexibility index (Phi) is 7.81. The number of carbonyl (C=O) groups is 1. The van der Waals surface area contributed by atoms with Crippen molar-refractivity contribution in [3.63, 3.8) is 0 Å². The number of likely N-dealkylation sites (tertiary alicyclic amines) is 1. The molecule has 0 aromatic heterocycles. The van der Waals surface area contributed by atoms with E-state index >= 15 is 0 Å². The first kappa shape index (κ1) is 21.5. The highest BCUT2D eigenvalue weighted by molar-refractivity contribution is 5.82. The molecule has 3 rings (SSSR count). The molecule has 0 bridgehead atoms. The maximum atomic E-state index is 12.6. The second-order valence-corrected chi connectivity index (χ2v) is 7.97. The van der Waals surface area contributed by atoms with Crippen molar-refractivity contribution in [1.82, 2.24) is 15.5 Å². The van der Waals surface area contributed by atoms with Gasteiger partial charge in [0, 0.05) is 38.8 Å². The summed E-state index contributed by atoms with van der Waals surface area (Å²) in [6.07, 6.45) is 0.832. The summed E-state index contributed by atoms with van der Waals surface area (Å²) in [7, 11) is 1.65. The largest absolute Gasteiger partial charge is 0.383 e. The third-order valence-corrected chi connectivity index (χ3v) is 5.57. The first-order valence-corrected chi connectivity index (χ1v) is 10.5. The molecule has 2 N–H and O–H groups in total. The molecule has 1 saturated heterocycles. The van der Waals surface area contributed by atoms with Gasteiger partial charge in [0.1, 0.15) is 0 Å². The summed E-state index contributed by atoms with van der Waals surface area (Å²) in [4.78, 5) is 14.9. The Balaban J connectivity index is 1.54. The monoisotopic (exact) mass is 395 g/mol. The van der Waals surface area contributed by atoms with Crippen LogP contribution in [0.4, 0.5) is 0 Å². The maximum Gasteiger partial charge on any atom is 0.237 e. The van der Waals surface area contributed by atoms with Gasteiger partial charge in [-0.25, -0.2) is 0 Å². The molecule has 1 aliphatic heterocycles. The summed E-state index contributed by atoms with van der Waals surface area (Å²) in [5.41, 5.74) is 3.72. The number of nitrogens with zero attached hydrogens (tertiary/aromatic N) is 1. The Morgan fingerprint density at radius 3 is 2.45 bits per heavy atom. The van der Waals surface area contributed by atoms with Crippen molar-refractivity contribution in [3.8, 4) is 11.1 Å². The van der Waals surface area contributed by atoms with Crippen LogP contribution in [0.15, 0.2) is 54.6 Å². The molecule has 1 heterocycles. The van der Waals surface area contributed by atoms with Crippen LogP contribution in [-0.4, -0.2) is 55.7 Å². The Hall–Kier alpha value is -2.21. The summed E-state index contributed by atoms with van der Waals surface area (Å²) in [6, 6.07) is 19.7. The van der Waals surface area contributed by atoms with Gasteiger partial charge in [0.2, 0.25) is 5.91 Å². The lowest BCUT2D eigenvalue weighted by molar-refractivity contribution is -0.126. The normalized spacial score (nSPS) is 19.6. The van der Waals surface area contributed by atoms with E-state index in [0.717, 1.165) is 19.5 Å². The van der Waals surface area contributed by atoms with E-state index in [1.54, 1.807) is 7.11 Å². The molecule has 2 aromatic carbocycles. The standard InChI is InChI=1S/C24H33N3O2/c1-18(2)27-17-22(15-23(27)24(28)25-13-14-29-3)26-16-19-9-11-21(12-10-19)20-7-5-4-6-8-20/h4-12,18,22-23,26H,13-17H2,1-3H3,(H,25,28)/t22-,23+/m1/s1. The predicted octanol–water partition coefficient (Wildman–Crippen LogP) is 3.06. The molecule has 1 aliphatic rings.